The van der Waals surface area contributed by atoms with Crippen molar-refractivity contribution in [1.29, 1.82) is 0 Å². The summed E-state index contributed by atoms with van der Waals surface area (Å²) in [6.07, 6.45) is 45.9. The highest BCUT2D eigenvalue weighted by molar-refractivity contribution is 5.76. The SMILES string of the molecule is CCCCCC/C=C/CCCC(O)C(O)C(CO)NC(=O)CCCCCCCCCCC/C=C\CCCCCCCCCCCCCC. The summed E-state index contributed by atoms with van der Waals surface area (Å²) in [6, 6.07) is -0.823. The highest BCUT2D eigenvalue weighted by Crippen LogP contribution is 2.15. The zero-order valence-electron chi connectivity index (χ0n) is 32.1. The molecule has 0 aromatic carbocycles. The second-order valence-electron chi connectivity index (χ2n) is 14.5. The molecular formula is C43H83NO4. The molecule has 0 saturated heterocycles. The molecule has 1 amide bonds. The standard InChI is InChI=1S/C43H83NO4/c1-3-5-7-9-11-13-14-15-16-17-18-19-20-21-22-23-24-25-26-27-28-30-32-34-36-38-42(47)44-40(39-45)43(48)41(46)37-35-33-31-29-12-10-8-6-4-2/h21-22,29,31,40-41,43,45-46,48H,3-20,23-28,30,32-39H2,1-2H3,(H,44,47)/b22-21-,31-29+. The highest BCUT2D eigenvalue weighted by atomic mass is 16.3. The quantitative estimate of drug-likeness (QED) is 0.0387. The number of unbranched alkanes of at least 4 members (excludes halogenated alkanes) is 26. The lowest BCUT2D eigenvalue weighted by molar-refractivity contribution is -0.124. The van der Waals surface area contributed by atoms with E-state index in [4.69, 9.17) is 0 Å². The first-order chi connectivity index (χ1) is 23.6. The fourth-order valence-electron chi connectivity index (χ4n) is 6.45. The molecule has 0 heterocycles. The second kappa shape index (κ2) is 38.6. The lowest BCUT2D eigenvalue weighted by Crippen LogP contribution is -2.50. The van der Waals surface area contributed by atoms with Gasteiger partial charge in [0.05, 0.1) is 18.8 Å². The summed E-state index contributed by atoms with van der Waals surface area (Å²) < 4.78 is 0. The molecular weight excluding hydrogens is 594 g/mol. The summed E-state index contributed by atoms with van der Waals surface area (Å²) in [5.41, 5.74) is 0. The number of aliphatic hydroxyl groups excluding tert-OH is 3. The van der Waals surface area contributed by atoms with E-state index in [9.17, 15) is 20.1 Å². The van der Waals surface area contributed by atoms with Crippen LogP contribution in [0.4, 0.5) is 0 Å². The summed E-state index contributed by atoms with van der Waals surface area (Å²) in [6.45, 7) is 4.12. The molecule has 5 heteroatoms. The number of nitrogens with one attached hydrogen (secondary N) is 1. The minimum absolute atomic E-state index is 0.158. The first kappa shape index (κ1) is 46.8. The van der Waals surface area contributed by atoms with Crippen LogP contribution in [-0.4, -0.2) is 46.1 Å². The van der Waals surface area contributed by atoms with Gasteiger partial charge in [0, 0.05) is 6.42 Å². The van der Waals surface area contributed by atoms with E-state index in [2.05, 4.69) is 43.5 Å². The molecule has 0 aromatic rings. The van der Waals surface area contributed by atoms with E-state index in [1.807, 2.05) is 0 Å². The average molecular weight is 678 g/mol. The molecule has 3 unspecified atom stereocenters. The largest absolute Gasteiger partial charge is 0.394 e. The van der Waals surface area contributed by atoms with Gasteiger partial charge in [-0.2, -0.15) is 0 Å². The summed E-state index contributed by atoms with van der Waals surface area (Å²) in [7, 11) is 0. The van der Waals surface area contributed by atoms with Crippen LogP contribution in [0.2, 0.25) is 0 Å². The van der Waals surface area contributed by atoms with Crippen LogP contribution in [0.5, 0.6) is 0 Å². The molecule has 0 bridgehead atoms. The van der Waals surface area contributed by atoms with Gasteiger partial charge in [-0.1, -0.05) is 173 Å². The zero-order valence-corrected chi connectivity index (χ0v) is 32.1. The Morgan fingerprint density at radius 1 is 0.500 bits per heavy atom. The number of hydrogen-bond donors (Lipinski definition) is 4. The summed E-state index contributed by atoms with van der Waals surface area (Å²) in [5, 5.41) is 33.3. The number of amides is 1. The van der Waals surface area contributed by atoms with E-state index in [0.717, 1.165) is 38.5 Å². The molecule has 4 N–H and O–H groups in total. The first-order valence-corrected chi connectivity index (χ1v) is 21.1. The number of carbonyl (C=O) groups excluding carboxylic acids is 1. The van der Waals surface area contributed by atoms with Crippen LogP contribution in [0.15, 0.2) is 24.3 Å². The third kappa shape index (κ3) is 33.3. The van der Waals surface area contributed by atoms with Crippen molar-refractivity contribution in [3.05, 3.63) is 24.3 Å². The minimum Gasteiger partial charge on any atom is -0.394 e. The van der Waals surface area contributed by atoms with Gasteiger partial charge in [0.15, 0.2) is 0 Å². The van der Waals surface area contributed by atoms with E-state index < -0.39 is 18.2 Å². The monoisotopic (exact) mass is 678 g/mol. The van der Waals surface area contributed by atoms with Crippen molar-refractivity contribution in [2.24, 2.45) is 0 Å². The van der Waals surface area contributed by atoms with Crippen LogP contribution in [-0.2, 0) is 4.79 Å². The predicted molar refractivity (Wildman–Crippen MR) is 208 cm³/mol. The van der Waals surface area contributed by atoms with Crippen LogP contribution in [0.3, 0.4) is 0 Å². The lowest BCUT2D eigenvalue weighted by atomic mass is 10.0. The van der Waals surface area contributed by atoms with Crippen molar-refractivity contribution in [3.8, 4) is 0 Å². The number of carbonyl (C=O) groups is 1. The molecule has 0 saturated carbocycles. The van der Waals surface area contributed by atoms with Gasteiger partial charge in [-0.25, -0.2) is 0 Å². The van der Waals surface area contributed by atoms with Crippen molar-refractivity contribution < 1.29 is 20.1 Å². The summed E-state index contributed by atoms with van der Waals surface area (Å²) >= 11 is 0. The summed E-state index contributed by atoms with van der Waals surface area (Å²) in [5.74, 6) is -0.158. The minimum atomic E-state index is -1.16. The van der Waals surface area contributed by atoms with E-state index in [1.54, 1.807) is 0 Å². The van der Waals surface area contributed by atoms with Crippen molar-refractivity contribution in [2.75, 3.05) is 6.61 Å². The van der Waals surface area contributed by atoms with Crippen molar-refractivity contribution >= 4 is 5.91 Å². The topological polar surface area (TPSA) is 89.8 Å². The molecule has 0 rings (SSSR count). The predicted octanol–water partition coefficient (Wildman–Crippen LogP) is 11.8. The first-order valence-electron chi connectivity index (χ1n) is 21.1. The van der Waals surface area contributed by atoms with Gasteiger partial charge in [0.25, 0.3) is 0 Å². The molecule has 0 radical (unpaired) electrons. The van der Waals surface area contributed by atoms with Crippen LogP contribution in [0.25, 0.3) is 0 Å². The van der Waals surface area contributed by atoms with Gasteiger partial charge in [0.1, 0.15) is 6.10 Å². The van der Waals surface area contributed by atoms with Crippen LogP contribution in [0.1, 0.15) is 219 Å². The van der Waals surface area contributed by atoms with Gasteiger partial charge in [-0.3, -0.25) is 4.79 Å². The Hall–Kier alpha value is -1.17. The molecule has 0 fully saturated rings. The number of aliphatic hydroxyl groups is 3. The smallest absolute Gasteiger partial charge is 0.220 e. The molecule has 5 nitrogen and oxygen atoms in total. The Labute approximate surface area is 299 Å². The molecule has 0 aromatic heterocycles. The number of hydrogen-bond acceptors (Lipinski definition) is 4. The normalized spacial score (nSPS) is 13.9. The van der Waals surface area contributed by atoms with E-state index in [0.29, 0.717) is 12.8 Å². The molecule has 0 aliphatic carbocycles. The summed E-state index contributed by atoms with van der Waals surface area (Å²) in [4.78, 5) is 12.4. The second-order valence-corrected chi connectivity index (χ2v) is 14.5. The Morgan fingerprint density at radius 2 is 0.833 bits per heavy atom. The van der Waals surface area contributed by atoms with Gasteiger partial charge >= 0.3 is 0 Å². The maximum absolute atomic E-state index is 12.4. The molecule has 0 aliphatic heterocycles. The Kier molecular flexibility index (Phi) is 37.7. The third-order valence-corrected chi connectivity index (χ3v) is 9.78. The van der Waals surface area contributed by atoms with Gasteiger partial charge in [-0.15, -0.1) is 0 Å². The van der Waals surface area contributed by atoms with Crippen LogP contribution >= 0.6 is 0 Å². The van der Waals surface area contributed by atoms with Crippen molar-refractivity contribution in [3.63, 3.8) is 0 Å². The van der Waals surface area contributed by atoms with Gasteiger partial charge in [0.2, 0.25) is 5.91 Å². The van der Waals surface area contributed by atoms with Gasteiger partial charge < -0.3 is 20.6 Å². The molecule has 0 spiro atoms. The maximum Gasteiger partial charge on any atom is 0.220 e. The van der Waals surface area contributed by atoms with Gasteiger partial charge in [-0.05, 0) is 64.2 Å². The van der Waals surface area contributed by atoms with Crippen LogP contribution in [0, 0.1) is 0 Å². The Bertz CT molecular complexity index is 709. The molecule has 3 atom stereocenters. The van der Waals surface area contributed by atoms with Crippen LogP contribution < -0.4 is 5.32 Å². The highest BCUT2D eigenvalue weighted by Gasteiger charge is 2.26. The average Bonchev–Trinajstić information content (AvgIpc) is 3.09. The third-order valence-electron chi connectivity index (χ3n) is 9.78. The lowest BCUT2D eigenvalue weighted by Gasteiger charge is -2.26. The fraction of sp³-hybridized carbons (Fsp3) is 0.884. The molecule has 48 heavy (non-hydrogen) atoms. The Balaban J connectivity index is 3.57. The number of rotatable bonds is 38. The van der Waals surface area contributed by atoms with E-state index in [1.165, 1.54) is 154 Å². The van der Waals surface area contributed by atoms with E-state index in [-0.39, 0.29) is 12.5 Å². The maximum atomic E-state index is 12.4. The van der Waals surface area contributed by atoms with E-state index >= 15 is 0 Å². The number of allylic oxidation sites excluding steroid dienone is 4. The van der Waals surface area contributed by atoms with Crippen molar-refractivity contribution in [1.82, 2.24) is 5.32 Å². The molecule has 0 aliphatic rings. The van der Waals surface area contributed by atoms with Crippen molar-refractivity contribution in [2.45, 2.75) is 238 Å². The zero-order chi connectivity index (χ0) is 35.2. The fourth-order valence-corrected chi connectivity index (χ4v) is 6.45. The molecule has 284 valence electrons. The Morgan fingerprint density at radius 3 is 1.23 bits per heavy atom.